The molecule has 6 nitrogen and oxygen atoms in total. The molecule has 0 atom stereocenters. The number of nitrogen functional groups attached to an aromatic ring is 1. The highest BCUT2D eigenvalue weighted by Gasteiger charge is 2.27. The van der Waals surface area contributed by atoms with Gasteiger partial charge in [0.15, 0.2) is 11.5 Å². The van der Waals surface area contributed by atoms with Gasteiger partial charge < -0.3 is 20.0 Å². The number of rotatable bonds is 3. The summed E-state index contributed by atoms with van der Waals surface area (Å²) in [6.07, 6.45) is 0. The number of nitrogens with two attached hydrogens (primary N) is 1. The Hall–Kier alpha value is -2.73. The predicted octanol–water partition coefficient (Wildman–Crippen LogP) is 4.37. The van der Waals surface area contributed by atoms with Crippen molar-refractivity contribution in [2.75, 3.05) is 5.73 Å². The Bertz CT molecular complexity index is 922. The fraction of sp³-hybridized carbons (Fsp3) is 0.222. The Morgan fingerprint density at radius 3 is 2.60 bits per heavy atom. The minimum absolute atomic E-state index is 0.0579. The molecule has 2 aromatic heterocycles. The Morgan fingerprint density at radius 1 is 1.20 bits per heavy atom. The van der Waals surface area contributed by atoms with E-state index in [1.165, 1.54) is 0 Å². The summed E-state index contributed by atoms with van der Waals surface area (Å²) in [4.78, 5) is 12.5. The molecular formula is C18H18ClN3O3. The average Bonchev–Trinajstić information content (AvgIpc) is 3.11. The number of carbonyl (C=O) groups excluding carboxylic acids is 1. The summed E-state index contributed by atoms with van der Waals surface area (Å²) in [7, 11) is 0. The predicted molar refractivity (Wildman–Crippen MR) is 96.3 cm³/mol. The largest absolute Gasteiger partial charge is 0.454 e. The van der Waals surface area contributed by atoms with Crippen molar-refractivity contribution in [3.05, 3.63) is 47.0 Å². The van der Waals surface area contributed by atoms with Crippen LogP contribution in [0.3, 0.4) is 0 Å². The van der Waals surface area contributed by atoms with Crippen LogP contribution < -0.4 is 11.1 Å². The second kappa shape index (κ2) is 6.29. The summed E-state index contributed by atoms with van der Waals surface area (Å²) in [5.41, 5.74) is 6.59. The van der Waals surface area contributed by atoms with Crippen LogP contribution in [0.1, 0.15) is 31.1 Å². The van der Waals surface area contributed by atoms with E-state index in [2.05, 4.69) is 10.5 Å². The number of hydrogen-bond acceptors (Lipinski definition) is 5. The molecule has 0 fully saturated rings. The van der Waals surface area contributed by atoms with Crippen molar-refractivity contribution in [3.63, 3.8) is 0 Å². The van der Waals surface area contributed by atoms with E-state index in [4.69, 9.17) is 26.3 Å². The van der Waals surface area contributed by atoms with Gasteiger partial charge in [-0.15, -0.1) is 0 Å². The van der Waals surface area contributed by atoms with Crippen molar-refractivity contribution in [2.24, 2.45) is 0 Å². The number of nitrogens with zero attached hydrogens (tertiary/aromatic N) is 1. The van der Waals surface area contributed by atoms with Crippen molar-refractivity contribution in [1.29, 1.82) is 0 Å². The molecule has 0 aliphatic heterocycles. The van der Waals surface area contributed by atoms with Gasteiger partial charge in [0, 0.05) is 16.1 Å². The van der Waals surface area contributed by atoms with E-state index in [1.807, 2.05) is 32.9 Å². The number of nitrogens with one attached hydrogen (secondary N) is 1. The van der Waals surface area contributed by atoms with E-state index >= 15 is 0 Å². The fourth-order valence-electron chi connectivity index (χ4n) is 2.36. The van der Waals surface area contributed by atoms with E-state index in [9.17, 15) is 4.79 Å². The van der Waals surface area contributed by atoms with Crippen molar-refractivity contribution in [2.45, 2.75) is 26.3 Å². The lowest BCUT2D eigenvalue weighted by atomic mass is 10.1. The van der Waals surface area contributed by atoms with Gasteiger partial charge >= 0.3 is 0 Å². The van der Waals surface area contributed by atoms with Crippen LogP contribution >= 0.6 is 11.6 Å². The topological polar surface area (TPSA) is 94.3 Å². The molecule has 0 aliphatic rings. The quantitative estimate of drug-likeness (QED) is 0.724. The molecule has 130 valence electrons. The molecule has 0 spiro atoms. The molecule has 0 saturated carbocycles. The highest BCUT2D eigenvalue weighted by atomic mass is 35.5. The summed E-state index contributed by atoms with van der Waals surface area (Å²) in [5, 5.41) is 7.32. The fourth-order valence-corrected chi connectivity index (χ4v) is 2.55. The number of carbonyl (C=O) groups is 1. The first-order chi connectivity index (χ1) is 11.7. The van der Waals surface area contributed by atoms with Crippen LogP contribution in [0, 0.1) is 0 Å². The maximum absolute atomic E-state index is 12.5. The van der Waals surface area contributed by atoms with Crippen LogP contribution in [0.25, 0.3) is 22.8 Å². The van der Waals surface area contributed by atoms with Crippen LogP contribution in [-0.4, -0.2) is 16.6 Å². The Labute approximate surface area is 149 Å². The number of anilines is 1. The minimum Gasteiger partial charge on any atom is -0.454 e. The number of benzene rings is 1. The summed E-state index contributed by atoms with van der Waals surface area (Å²) < 4.78 is 10.8. The van der Waals surface area contributed by atoms with Gasteiger partial charge in [-0.25, -0.2) is 0 Å². The van der Waals surface area contributed by atoms with Crippen LogP contribution in [0.15, 0.2) is 45.3 Å². The zero-order valence-corrected chi connectivity index (χ0v) is 14.8. The Kier molecular flexibility index (Phi) is 4.30. The number of aromatic nitrogens is 1. The summed E-state index contributed by atoms with van der Waals surface area (Å²) in [5.74, 6) is 0.551. The SMILES string of the molecule is CC(C)(C)NC(=O)c1c(-c2ccc(-c3cccc(Cl)c3)o2)noc1N. The highest BCUT2D eigenvalue weighted by molar-refractivity contribution is 6.30. The van der Waals surface area contributed by atoms with Gasteiger partial charge in [-0.3, -0.25) is 4.79 Å². The number of amides is 1. The normalized spacial score (nSPS) is 11.5. The van der Waals surface area contributed by atoms with Gasteiger partial charge in [-0.05, 0) is 45.0 Å². The molecule has 0 unspecified atom stereocenters. The zero-order chi connectivity index (χ0) is 18.2. The Morgan fingerprint density at radius 2 is 1.92 bits per heavy atom. The second-order valence-electron chi connectivity index (χ2n) is 6.65. The highest BCUT2D eigenvalue weighted by Crippen LogP contribution is 2.33. The molecule has 3 N–H and O–H groups in total. The van der Waals surface area contributed by atoms with Crippen LogP contribution in [0.5, 0.6) is 0 Å². The molecule has 3 rings (SSSR count). The molecule has 0 radical (unpaired) electrons. The van der Waals surface area contributed by atoms with Gasteiger partial charge in [-0.2, -0.15) is 0 Å². The molecular weight excluding hydrogens is 342 g/mol. The van der Waals surface area contributed by atoms with Crippen LogP contribution in [-0.2, 0) is 0 Å². The van der Waals surface area contributed by atoms with Crippen molar-refractivity contribution in [3.8, 4) is 22.8 Å². The monoisotopic (exact) mass is 359 g/mol. The maximum atomic E-state index is 12.5. The van der Waals surface area contributed by atoms with Gasteiger partial charge in [0.2, 0.25) is 5.88 Å². The van der Waals surface area contributed by atoms with Gasteiger partial charge in [0.25, 0.3) is 5.91 Å². The minimum atomic E-state index is -0.423. The standard InChI is InChI=1S/C18H18ClN3O3/c1-18(2,3)21-17(23)14-15(22-25-16(14)20)13-8-7-12(24-13)10-5-4-6-11(19)9-10/h4-9H,20H2,1-3H3,(H,21,23). The van der Waals surface area contributed by atoms with E-state index in [0.717, 1.165) is 5.56 Å². The third-order valence-electron chi connectivity index (χ3n) is 3.38. The van der Waals surface area contributed by atoms with E-state index in [-0.39, 0.29) is 23.0 Å². The summed E-state index contributed by atoms with van der Waals surface area (Å²) in [6, 6.07) is 10.8. The average molecular weight is 360 g/mol. The maximum Gasteiger partial charge on any atom is 0.259 e. The first kappa shape index (κ1) is 17.1. The van der Waals surface area contributed by atoms with Gasteiger partial charge in [0.05, 0.1) is 0 Å². The lowest BCUT2D eigenvalue weighted by Gasteiger charge is -2.20. The van der Waals surface area contributed by atoms with Crippen molar-refractivity contribution in [1.82, 2.24) is 10.5 Å². The first-order valence-electron chi connectivity index (χ1n) is 7.68. The molecule has 0 saturated heterocycles. The van der Waals surface area contributed by atoms with E-state index < -0.39 is 5.54 Å². The lowest BCUT2D eigenvalue weighted by molar-refractivity contribution is 0.0920. The number of halogens is 1. The third kappa shape index (κ3) is 3.69. The van der Waals surface area contributed by atoms with E-state index in [1.54, 1.807) is 24.3 Å². The van der Waals surface area contributed by atoms with Gasteiger partial charge in [-0.1, -0.05) is 28.9 Å². The summed E-state index contributed by atoms with van der Waals surface area (Å²) in [6.45, 7) is 5.62. The smallest absolute Gasteiger partial charge is 0.259 e. The second-order valence-corrected chi connectivity index (χ2v) is 7.09. The molecule has 25 heavy (non-hydrogen) atoms. The third-order valence-corrected chi connectivity index (χ3v) is 3.62. The van der Waals surface area contributed by atoms with E-state index in [0.29, 0.717) is 16.5 Å². The molecule has 2 heterocycles. The van der Waals surface area contributed by atoms with Gasteiger partial charge in [0.1, 0.15) is 11.3 Å². The van der Waals surface area contributed by atoms with Crippen molar-refractivity contribution < 1.29 is 13.7 Å². The molecule has 0 aliphatic carbocycles. The molecule has 1 amide bonds. The number of hydrogen-bond donors (Lipinski definition) is 2. The zero-order valence-electron chi connectivity index (χ0n) is 14.1. The lowest BCUT2D eigenvalue weighted by Crippen LogP contribution is -2.40. The van der Waals surface area contributed by atoms with Crippen LogP contribution in [0.2, 0.25) is 5.02 Å². The molecule has 0 bridgehead atoms. The summed E-state index contributed by atoms with van der Waals surface area (Å²) >= 11 is 6.01. The Balaban J connectivity index is 1.97. The molecule has 7 heteroatoms. The van der Waals surface area contributed by atoms with Crippen LogP contribution in [0.4, 0.5) is 5.88 Å². The first-order valence-corrected chi connectivity index (χ1v) is 8.06. The molecule has 3 aromatic rings. The number of furan rings is 1. The van der Waals surface area contributed by atoms with Crippen molar-refractivity contribution >= 4 is 23.4 Å². The molecule has 1 aromatic carbocycles.